The van der Waals surface area contributed by atoms with Crippen molar-refractivity contribution in [3.05, 3.63) is 107 Å². The van der Waals surface area contributed by atoms with Gasteiger partial charge in [-0.3, -0.25) is 17.5 Å². The van der Waals surface area contributed by atoms with Gasteiger partial charge in [0, 0.05) is 26.6 Å². The van der Waals surface area contributed by atoms with Crippen molar-refractivity contribution in [2.45, 2.75) is 19.6 Å². The quantitative estimate of drug-likeness (QED) is 0.0634. The lowest BCUT2D eigenvalue weighted by Crippen LogP contribution is -2.09. The summed E-state index contributed by atoms with van der Waals surface area (Å²) in [4.78, 5) is -3.09. The molecule has 2 N–H and O–H groups in total. The van der Waals surface area contributed by atoms with Gasteiger partial charge in [0.15, 0.2) is 23.3 Å². The molecule has 0 amide bonds. The SMILES string of the molecule is O=S([O-])c1ccc2c(Oc3c(F)c(F)c(-c4c(F)c(F)c(Oc5cc(S(=O)(=O)O)cc6cc(S(=O)(=O)O)ccc56)c(F)c4F)c(F)c3F)cc(S(=O)[O-])cc2c1. The molecule has 0 bridgehead atoms. The van der Waals surface area contributed by atoms with E-state index < -0.39 is 153 Å². The summed E-state index contributed by atoms with van der Waals surface area (Å²) >= 11 is -5.97. The maximum atomic E-state index is 15.5. The summed E-state index contributed by atoms with van der Waals surface area (Å²) in [5.41, 5.74) is -4.75. The van der Waals surface area contributed by atoms with Crippen molar-refractivity contribution in [1.29, 1.82) is 0 Å². The number of halogens is 8. The van der Waals surface area contributed by atoms with Gasteiger partial charge in [-0.1, -0.05) is 0 Å². The molecule has 0 aliphatic rings. The lowest BCUT2D eigenvalue weighted by atomic mass is 10.0. The van der Waals surface area contributed by atoms with Crippen LogP contribution in [0.1, 0.15) is 0 Å². The van der Waals surface area contributed by atoms with Gasteiger partial charge in [-0.05, 0) is 87.5 Å². The van der Waals surface area contributed by atoms with Crippen molar-refractivity contribution in [2.24, 2.45) is 0 Å². The second kappa shape index (κ2) is 14.5. The van der Waals surface area contributed by atoms with E-state index in [0.29, 0.717) is 30.3 Å². The molecule has 6 rings (SSSR count). The predicted molar refractivity (Wildman–Crippen MR) is 174 cm³/mol. The molecule has 0 aliphatic heterocycles. The molecule has 0 fully saturated rings. The van der Waals surface area contributed by atoms with Crippen LogP contribution in [-0.4, -0.2) is 43.5 Å². The lowest BCUT2D eigenvalue weighted by Gasteiger charge is -2.18. The first-order valence-corrected chi connectivity index (χ1v) is 19.4. The monoisotopic (exact) mass is 868 g/mol. The summed E-state index contributed by atoms with van der Waals surface area (Å²) in [5, 5.41) is -1.50. The highest BCUT2D eigenvalue weighted by Crippen LogP contribution is 2.45. The highest BCUT2D eigenvalue weighted by Gasteiger charge is 2.36. The molecule has 0 aromatic heterocycles. The van der Waals surface area contributed by atoms with Gasteiger partial charge in [0.05, 0.1) is 20.9 Å². The number of hydrogen-bond acceptors (Lipinski definition) is 10. The van der Waals surface area contributed by atoms with E-state index in [-0.39, 0.29) is 10.8 Å². The van der Waals surface area contributed by atoms with Gasteiger partial charge in [-0.15, -0.1) is 0 Å². The highest BCUT2D eigenvalue weighted by atomic mass is 32.2. The van der Waals surface area contributed by atoms with Crippen LogP contribution in [-0.2, 0) is 42.4 Å². The zero-order valence-corrected chi connectivity index (χ0v) is 29.7. The van der Waals surface area contributed by atoms with Crippen molar-refractivity contribution in [2.75, 3.05) is 0 Å². The summed E-state index contributed by atoms with van der Waals surface area (Å²) in [6.07, 6.45) is 0. The summed E-state index contributed by atoms with van der Waals surface area (Å²) in [7, 11) is -10.2. The van der Waals surface area contributed by atoms with Crippen molar-refractivity contribution in [3.8, 4) is 34.1 Å². The first kappa shape index (κ1) is 40.6. The number of benzene rings is 6. The summed E-state index contributed by atoms with van der Waals surface area (Å²) < 4.78 is 245. The van der Waals surface area contributed by atoms with Gasteiger partial charge in [-0.25, -0.2) is 17.6 Å². The predicted octanol–water partition coefficient (Wildman–Crippen LogP) is 7.33. The minimum Gasteiger partial charge on any atom is -0.768 e. The van der Waals surface area contributed by atoms with E-state index >= 15 is 35.1 Å². The van der Waals surface area contributed by atoms with Crippen molar-refractivity contribution in [1.82, 2.24) is 0 Å². The fraction of sp³-hybridized carbons (Fsp3) is 0. The first-order valence-electron chi connectivity index (χ1n) is 14.4. The zero-order valence-electron chi connectivity index (χ0n) is 26.4. The second-order valence-corrected chi connectivity index (χ2v) is 15.9. The Morgan fingerprint density at radius 3 is 1.29 bits per heavy atom. The summed E-state index contributed by atoms with van der Waals surface area (Å²) in [5.74, 6) is -27.3. The molecule has 6 aromatic carbocycles. The minimum atomic E-state index is -5.24. The molecule has 56 heavy (non-hydrogen) atoms. The van der Waals surface area contributed by atoms with E-state index in [1.54, 1.807) is 0 Å². The fourth-order valence-corrected chi connectivity index (χ4v) is 7.19. The zero-order chi connectivity index (χ0) is 41.3. The maximum Gasteiger partial charge on any atom is 0.294 e. The molecule has 2 atom stereocenters. The van der Waals surface area contributed by atoms with Crippen LogP contribution >= 0.6 is 0 Å². The molecule has 294 valence electrons. The molecule has 24 heteroatoms. The third kappa shape index (κ3) is 7.20. The topological polar surface area (TPSA) is 207 Å². The van der Waals surface area contributed by atoms with Crippen LogP contribution in [0.2, 0.25) is 0 Å². The van der Waals surface area contributed by atoms with E-state index in [9.17, 15) is 43.5 Å². The van der Waals surface area contributed by atoms with Crippen LogP contribution in [0.15, 0.2) is 80.2 Å². The van der Waals surface area contributed by atoms with Crippen LogP contribution < -0.4 is 9.47 Å². The van der Waals surface area contributed by atoms with Crippen LogP contribution in [0.5, 0.6) is 23.0 Å². The van der Waals surface area contributed by atoms with E-state index in [1.165, 1.54) is 0 Å². The molecule has 6 aromatic rings. The molecule has 0 saturated carbocycles. The third-order valence-electron chi connectivity index (χ3n) is 7.82. The molecule has 2 unspecified atom stereocenters. The second-order valence-electron chi connectivity index (χ2n) is 11.2. The van der Waals surface area contributed by atoms with Crippen LogP contribution in [0.3, 0.4) is 0 Å². The Labute approximate surface area is 312 Å². The van der Waals surface area contributed by atoms with Gasteiger partial charge in [0.1, 0.15) is 11.5 Å². The van der Waals surface area contributed by atoms with E-state index in [4.69, 9.17) is 9.47 Å². The molecule has 0 saturated heterocycles. The number of rotatable bonds is 9. The molecule has 0 radical (unpaired) electrons. The standard InChI is InChI=1S/C32H14F8O12S4/c33-23-21(24(34)28(38)31(27(23)37)51-19-9-14(54(43)44)6-11-5-13(53(41)42)1-3-17(11)19)22-25(35)29(39)32(30(40)26(22)36)52-20-10-16(56(48,49)50)8-12-7-15(55(45,46)47)2-4-18(12)20/h1-10H,(H,41,42)(H,43,44)(H,45,46,47)(H,48,49,50)/p-2. The summed E-state index contributed by atoms with van der Waals surface area (Å²) in [6, 6.07) is 7.29. The minimum absolute atomic E-state index is 0.236. The van der Waals surface area contributed by atoms with E-state index in [0.717, 1.165) is 30.3 Å². The van der Waals surface area contributed by atoms with Gasteiger partial charge in [0.2, 0.25) is 34.8 Å². The fourth-order valence-electron chi connectivity index (χ4n) is 5.31. The smallest absolute Gasteiger partial charge is 0.294 e. The molecule has 12 nitrogen and oxygen atoms in total. The Bertz CT molecular complexity index is 2910. The molecular formula is C32H12F8O12S4-2. The van der Waals surface area contributed by atoms with Crippen molar-refractivity contribution in [3.63, 3.8) is 0 Å². The summed E-state index contributed by atoms with van der Waals surface area (Å²) in [6.45, 7) is 0. The van der Waals surface area contributed by atoms with Crippen LogP contribution in [0.4, 0.5) is 35.1 Å². The van der Waals surface area contributed by atoms with Crippen LogP contribution in [0.25, 0.3) is 32.7 Å². The van der Waals surface area contributed by atoms with Gasteiger partial charge in [-0.2, -0.15) is 34.4 Å². The Balaban J connectivity index is 1.49. The average molecular weight is 869 g/mol. The van der Waals surface area contributed by atoms with Gasteiger partial charge in [0.25, 0.3) is 20.2 Å². The average Bonchev–Trinajstić information content (AvgIpc) is 3.13. The Morgan fingerprint density at radius 2 is 0.857 bits per heavy atom. The van der Waals surface area contributed by atoms with Crippen molar-refractivity contribution < 1.29 is 88.1 Å². The largest absolute Gasteiger partial charge is 0.768 e. The molecule has 0 aliphatic carbocycles. The molecule has 0 spiro atoms. The Hall–Kier alpha value is -5.08. The first-order chi connectivity index (χ1) is 26.0. The highest BCUT2D eigenvalue weighted by molar-refractivity contribution is 7.86. The van der Waals surface area contributed by atoms with Crippen LogP contribution in [0, 0.1) is 46.5 Å². The normalized spacial score (nSPS) is 13.3. The van der Waals surface area contributed by atoms with E-state index in [1.807, 2.05) is 0 Å². The molecular weight excluding hydrogens is 857 g/mol. The van der Waals surface area contributed by atoms with E-state index in [2.05, 4.69) is 0 Å². The Morgan fingerprint density at radius 1 is 0.482 bits per heavy atom. The Kier molecular flexibility index (Phi) is 10.5. The number of fused-ring (bicyclic) bond motifs is 2. The number of ether oxygens (including phenoxy) is 2. The number of hydrogen-bond donors (Lipinski definition) is 2. The maximum absolute atomic E-state index is 15.5. The lowest BCUT2D eigenvalue weighted by molar-refractivity contribution is 0.362. The van der Waals surface area contributed by atoms with Gasteiger partial charge < -0.3 is 18.6 Å². The van der Waals surface area contributed by atoms with Gasteiger partial charge >= 0.3 is 0 Å². The third-order valence-corrected chi connectivity index (χ3v) is 10.8. The molecule has 0 heterocycles. The van der Waals surface area contributed by atoms with Crippen molar-refractivity contribution >= 4 is 63.9 Å².